The first-order valence-corrected chi connectivity index (χ1v) is 9.05. The smallest absolute Gasteiger partial charge is 0.212 e. The van der Waals surface area contributed by atoms with E-state index in [4.69, 9.17) is 15.2 Å². The predicted octanol–water partition coefficient (Wildman–Crippen LogP) is 2.00. The summed E-state index contributed by atoms with van der Waals surface area (Å²) in [6.45, 7) is 3.18. The molecule has 0 amide bonds. The standard InChI is InChI=1S/C19H19N7O2/c1-10-12(6-11(9-20)25(10)2)17-23-18(21)24-19-22-13-7-15-16(8-14(13)26(17)19)28-5-3-4-27-15/h6-8,17H,3-5H2,1-2H3,(H3,21,22,23,24). The van der Waals surface area contributed by atoms with E-state index in [0.717, 1.165) is 28.7 Å². The predicted molar refractivity (Wildman–Crippen MR) is 104 cm³/mol. The van der Waals surface area contributed by atoms with E-state index in [1.165, 1.54) is 0 Å². The minimum atomic E-state index is -0.431. The summed E-state index contributed by atoms with van der Waals surface area (Å²) in [6.07, 6.45) is 0.405. The van der Waals surface area contributed by atoms with Crippen LogP contribution in [-0.4, -0.2) is 33.3 Å². The number of aliphatic imine (C=N–C) groups is 1. The Bertz CT molecular complexity index is 1180. The summed E-state index contributed by atoms with van der Waals surface area (Å²) in [5.41, 5.74) is 10.1. The summed E-state index contributed by atoms with van der Waals surface area (Å²) in [7, 11) is 1.86. The van der Waals surface area contributed by atoms with E-state index in [9.17, 15) is 5.26 Å². The highest BCUT2D eigenvalue weighted by atomic mass is 16.5. The molecule has 4 heterocycles. The number of fused-ring (bicyclic) bond motifs is 4. The van der Waals surface area contributed by atoms with Gasteiger partial charge in [-0.3, -0.25) is 9.88 Å². The zero-order chi connectivity index (χ0) is 19.4. The Morgan fingerprint density at radius 3 is 2.71 bits per heavy atom. The molecule has 142 valence electrons. The molecule has 0 saturated heterocycles. The van der Waals surface area contributed by atoms with Crippen molar-refractivity contribution < 1.29 is 9.47 Å². The maximum Gasteiger partial charge on any atom is 0.212 e. The quantitative estimate of drug-likeness (QED) is 0.670. The third kappa shape index (κ3) is 2.31. The number of nitrogens with one attached hydrogen (secondary N) is 1. The van der Waals surface area contributed by atoms with Crippen LogP contribution >= 0.6 is 0 Å². The number of imidazole rings is 1. The van der Waals surface area contributed by atoms with Gasteiger partial charge in [-0.2, -0.15) is 5.26 Å². The number of nitriles is 1. The molecule has 0 bridgehead atoms. The van der Waals surface area contributed by atoms with Crippen LogP contribution < -0.4 is 20.5 Å². The highest BCUT2D eigenvalue weighted by Crippen LogP contribution is 2.39. The third-order valence-electron chi connectivity index (χ3n) is 5.27. The number of anilines is 1. The number of hydrogen-bond acceptors (Lipinski definition) is 7. The molecular formula is C19H19N7O2. The van der Waals surface area contributed by atoms with Crippen molar-refractivity contribution in [1.29, 1.82) is 5.26 Å². The molecule has 2 aliphatic heterocycles. The van der Waals surface area contributed by atoms with Crippen LogP contribution in [0.25, 0.3) is 11.0 Å². The molecule has 2 aromatic heterocycles. The lowest BCUT2D eigenvalue weighted by Gasteiger charge is -2.24. The fourth-order valence-electron chi connectivity index (χ4n) is 3.72. The molecular weight excluding hydrogens is 358 g/mol. The monoisotopic (exact) mass is 377 g/mol. The first-order chi connectivity index (χ1) is 13.6. The van der Waals surface area contributed by atoms with Gasteiger partial charge in [-0.05, 0) is 13.0 Å². The van der Waals surface area contributed by atoms with Crippen LogP contribution in [0.4, 0.5) is 5.95 Å². The SMILES string of the molecule is Cc1c(C2N=C(N)Nc3nc4cc5c(cc4n32)OCCCO5)cc(C#N)n1C. The number of aromatic nitrogens is 3. The lowest BCUT2D eigenvalue weighted by atomic mass is 10.1. The highest BCUT2D eigenvalue weighted by molar-refractivity contribution is 5.95. The number of hydrogen-bond donors (Lipinski definition) is 2. The summed E-state index contributed by atoms with van der Waals surface area (Å²) in [6, 6.07) is 7.88. The zero-order valence-electron chi connectivity index (χ0n) is 15.6. The first kappa shape index (κ1) is 16.5. The van der Waals surface area contributed by atoms with E-state index in [2.05, 4.69) is 21.4 Å². The van der Waals surface area contributed by atoms with Crippen molar-refractivity contribution in [3.63, 3.8) is 0 Å². The number of guanidine groups is 1. The number of ether oxygens (including phenoxy) is 2. The third-order valence-corrected chi connectivity index (χ3v) is 5.27. The Kier molecular flexibility index (Phi) is 3.49. The van der Waals surface area contributed by atoms with Gasteiger partial charge in [0.05, 0.1) is 24.2 Å². The zero-order valence-corrected chi connectivity index (χ0v) is 15.6. The average Bonchev–Trinajstić information content (AvgIpc) is 3.05. The fourth-order valence-corrected chi connectivity index (χ4v) is 3.72. The molecule has 2 aliphatic rings. The Labute approximate surface area is 161 Å². The van der Waals surface area contributed by atoms with Gasteiger partial charge in [-0.15, -0.1) is 0 Å². The molecule has 1 unspecified atom stereocenters. The molecule has 5 rings (SSSR count). The normalized spacial score (nSPS) is 18.0. The number of benzene rings is 1. The van der Waals surface area contributed by atoms with Crippen molar-refractivity contribution in [3.05, 3.63) is 35.2 Å². The molecule has 1 aromatic carbocycles. The Morgan fingerprint density at radius 2 is 2.00 bits per heavy atom. The van der Waals surface area contributed by atoms with Gasteiger partial charge in [-0.1, -0.05) is 0 Å². The van der Waals surface area contributed by atoms with Gasteiger partial charge in [-0.25, -0.2) is 9.98 Å². The van der Waals surface area contributed by atoms with Gasteiger partial charge in [0.1, 0.15) is 11.8 Å². The van der Waals surface area contributed by atoms with Gasteiger partial charge in [0.15, 0.2) is 23.6 Å². The summed E-state index contributed by atoms with van der Waals surface area (Å²) in [4.78, 5) is 9.29. The molecule has 28 heavy (non-hydrogen) atoms. The van der Waals surface area contributed by atoms with Crippen LogP contribution in [0, 0.1) is 18.3 Å². The van der Waals surface area contributed by atoms with E-state index in [0.29, 0.717) is 36.4 Å². The van der Waals surface area contributed by atoms with Crippen LogP contribution in [-0.2, 0) is 7.05 Å². The van der Waals surface area contributed by atoms with Crippen molar-refractivity contribution in [2.45, 2.75) is 19.5 Å². The molecule has 0 saturated carbocycles. The van der Waals surface area contributed by atoms with Crippen molar-refractivity contribution in [2.75, 3.05) is 18.5 Å². The van der Waals surface area contributed by atoms with Crippen molar-refractivity contribution in [3.8, 4) is 17.6 Å². The second-order valence-corrected chi connectivity index (χ2v) is 6.90. The van der Waals surface area contributed by atoms with Crippen LogP contribution in [0.15, 0.2) is 23.2 Å². The summed E-state index contributed by atoms with van der Waals surface area (Å²) < 4.78 is 15.5. The molecule has 3 aromatic rings. The number of nitrogens with two attached hydrogens (primary N) is 1. The molecule has 0 spiro atoms. The van der Waals surface area contributed by atoms with Crippen LogP contribution in [0.1, 0.15) is 29.5 Å². The van der Waals surface area contributed by atoms with Crippen molar-refractivity contribution in [2.24, 2.45) is 17.8 Å². The number of nitrogens with zero attached hydrogens (tertiary/aromatic N) is 5. The highest BCUT2D eigenvalue weighted by Gasteiger charge is 2.29. The maximum absolute atomic E-state index is 9.40. The minimum Gasteiger partial charge on any atom is -0.489 e. The van der Waals surface area contributed by atoms with E-state index in [-0.39, 0.29) is 5.96 Å². The fraction of sp³-hybridized carbons (Fsp3) is 0.316. The van der Waals surface area contributed by atoms with Gasteiger partial charge in [0.2, 0.25) is 5.95 Å². The largest absolute Gasteiger partial charge is 0.489 e. The summed E-state index contributed by atoms with van der Waals surface area (Å²) in [5, 5.41) is 12.4. The van der Waals surface area contributed by atoms with Crippen LogP contribution in [0.3, 0.4) is 0 Å². The Hall–Kier alpha value is -3.67. The second kappa shape index (κ2) is 5.92. The van der Waals surface area contributed by atoms with Gasteiger partial charge < -0.3 is 19.8 Å². The molecule has 1 atom stereocenters. The molecule has 0 fully saturated rings. The number of rotatable bonds is 1. The van der Waals surface area contributed by atoms with Crippen LogP contribution in [0.5, 0.6) is 11.5 Å². The van der Waals surface area contributed by atoms with Gasteiger partial charge in [0, 0.05) is 36.9 Å². The topological polar surface area (TPSA) is 115 Å². The molecule has 9 heteroatoms. The Balaban J connectivity index is 1.74. The molecule has 0 aliphatic carbocycles. The van der Waals surface area contributed by atoms with Gasteiger partial charge in [0.25, 0.3) is 0 Å². The maximum atomic E-state index is 9.40. The molecule has 3 N–H and O–H groups in total. The molecule has 9 nitrogen and oxygen atoms in total. The lowest BCUT2D eigenvalue weighted by Crippen LogP contribution is -2.31. The Morgan fingerprint density at radius 1 is 1.25 bits per heavy atom. The minimum absolute atomic E-state index is 0.281. The van der Waals surface area contributed by atoms with E-state index < -0.39 is 6.17 Å². The average molecular weight is 377 g/mol. The van der Waals surface area contributed by atoms with Gasteiger partial charge >= 0.3 is 0 Å². The van der Waals surface area contributed by atoms with E-state index >= 15 is 0 Å². The second-order valence-electron chi connectivity index (χ2n) is 6.90. The van der Waals surface area contributed by atoms with Crippen molar-refractivity contribution >= 4 is 22.9 Å². The van der Waals surface area contributed by atoms with E-state index in [1.807, 2.05) is 41.3 Å². The van der Waals surface area contributed by atoms with E-state index in [1.54, 1.807) is 0 Å². The van der Waals surface area contributed by atoms with Crippen LogP contribution in [0.2, 0.25) is 0 Å². The lowest BCUT2D eigenvalue weighted by molar-refractivity contribution is 0.297. The summed E-state index contributed by atoms with van der Waals surface area (Å²) in [5.74, 6) is 2.25. The first-order valence-electron chi connectivity index (χ1n) is 9.05. The van der Waals surface area contributed by atoms with Crippen molar-refractivity contribution in [1.82, 2.24) is 14.1 Å². The summed E-state index contributed by atoms with van der Waals surface area (Å²) >= 11 is 0. The molecule has 0 radical (unpaired) electrons.